The molecule has 2 aromatic carbocycles. The number of nitrogens with one attached hydrogen (secondary N) is 1. The summed E-state index contributed by atoms with van der Waals surface area (Å²) in [6.45, 7) is 2.27. The molecule has 0 unspecified atom stereocenters. The molecular weight excluding hydrogens is 293 g/mol. The van der Waals surface area contributed by atoms with Gasteiger partial charge in [-0.2, -0.15) is 0 Å². The average molecular weight is 310 g/mol. The molecule has 0 atom stereocenters. The van der Waals surface area contributed by atoms with E-state index in [-0.39, 0.29) is 0 Å². The molecule has 0 spiro atoms. The second kappa shape index (κ2) is 8.15. The van der Waals surface area contributed by atoms with E-state index >= 15 is 0 Å². The number of benzene rings is 2. The fourth-order valence-electron chi connectivity index (χ4n) is 1.83. The zero-order chi connectivity index (χ0) is 14.2. The van der Waals surface area contributed by atoms with Crippen LogP contribution in [0, 0.1) is 0 Å². The van der Waals surface area contributed by atoms with Crippen LogP contribution in [0.4, 0.5) is 0 Å². The van der Waals surface area contributed by atoms with Gasteiger partial charge in [0.15, 0.2) is 0 Å². The summed E-state index contributed by atoms with van der Waals surface area (Å²) in [4.78, 5) is 0. The standard InChI is InChI=1S/C16H17Cl2NO/c17-14-7-4-8-15(16(14)18)20-12-11-19-10-9-13-5-2-1-3-6-13/h1-8,19H,9-12H2. The van der Waals surface area contributed by atoms with Crippen LogP contribution in [0.25, 0.3) is 0 Å². The number of rotatable bonds is 7. The average Bonchev–Trinajstić information content (AvgIpc) is 2.48. The van der Waals surface area contributed by atoms with E-state index in [9.17, 15) is 0 Å². The van der Waals surface area contributed by atoms with Crippen LogP contribution in [0.3, 0.4) is 0 Å². The van der Waals surface area contributed by atoms with Gasteiger partial charge >= 0.3 is 0 Å². The maximum atomic E-state index is 6.04. The number of halogens is 2. The summed E-state index contributed by atoms with van der Waals surface area (Å²) in [6.07, 6.45) is 1.01. The van der Waals surface area contributed by atoms with Gasteiger partial charge in [0.05, 0.1) is 5.02 Å². The van der Waals surface area contributed by atoms with Crippen molar-refractivity contribution < 1.29 is 4.74 Å². The molecule has 2 aromatic rings. The Labute approximate surface area is 129 Å². The summed E-state index contributed by atoms with van der Waals surface area (Å²) in [5.74, 6) is 0.629. The summed E-state index contributed by atoms with van der Waals surface area (Å²) < 4.78 is 5.59. The number of hydrogen-bond donors (Lipinski definition) is 1. The van der Waals surface area contributed by atoms with Crippen molar-refractivity contribution in [1.82, 2.24) is 5.32 Å². The first kappa shape index (κ1) is 15.2. The minimum atomic E-state index is 0.471. The molecule has 20 heavy (non-hydrogen) atoms. The monoisotopic (exact) mass is 309 g/mol. The molecule has 106 valence electrons. The second-order valence-electron chi connectivity index (χ2n) is 4.39. The smallest absolute Gasteiger partial charge is 0.139 e. The van der Waals surface area contributed by atoms with E-state index in [1.165, 1.54) is 5.56 Å². The van der Waals surface area contributed by atoms with Crippen molar-refractivity contribution in [2.45, 2.75) is 6.42 Å². The molecule has 4 heteroatoms. The number of hydrogen-bond acceptors (Lipinski definition) is 2. The minimum absolute atomic E-state index is 0.471. The lowest BCUT2D eigenvalue weighted by Gasteiger charge is -2.09. The van der Waals surface area contributed by atoms with Crippen molar-refractivity contribution in [2.24, 2.45) is 0 Å². The maximum Gasteiger partial charge on any atom is 0.139 e. The van der Waals surface area contributed by atoms with Crippen molar-refractivity contribution in [2.75, 3.05) is 19.7 Å². The van der Waals surface area contributed by atoms with Gasteiger partial charge in [-0.15, -0.1) is 0 Å². The normalized spacial score (nSPS) is 10.5. The summed E-state index contributed by atoms with van der Waals surface area (Å²) >= 11 is 12.0. The van der Waals surface area contributed by atoms with Crippen LogP contribution in [0.15, 0.2) is 48.5 Å². The highest BCUT2D eigenvalue weighted by molar-refractivity contribution is 6.42. The quantitative estimate of drug-likeness (QED) is 0.774. The van der Waals surface area contributed by atoms with Gasteiger partial charge in [-0.1, -0.05) is 59.6 Å². The molecule has 0 aliphatic rings. The van der Waals surface area contributed by atoms with Gasteiger partial charge in [-0.3, -0.25) is 0 Å². The summed E-state index contributed by atoms with van der Waals surface area (Å²) in [6, 6.07) is 15.8. The molecule has 2 rings (SSSR count). The van der Waals surface area contributed by atoms with Gasteiger partial charge in [-0.25, -0.2) is 0 Å². The molecule has 0 aromatic heterocycles. The van der Waals surface area contributed by atoms with Crippen LogP contribution in [0.5, 0.6) is 5.75 Å². The number of ether oxygens (including phenoxy) is 1. The van der Waals surface area contributed by atoms with Crippen LogP contribution in [-0.4, -0.2) is 19.7 Å². The molecule has 1 N–H and O–H groups in total. The van der Waals surface area contributed by atoms with Gasteiger partial charge in [-0.05, 0) is 30.7 Å². The summed E-state index contributed by atoms with van der Waals surface area (Å²) in [5.41, 5.74) is 1.33. The lowest BCUT2D eigenvalue weighted by atomic mass is 10.1. The van der Waals surface area contributed by atoms with E-state index in [0.29, 0.717) is 22.4 Å². The molecular formula is C16H17Cl2NO. The second-order valence-corrected chi connectivity index (χ2v) is 5.17. The molecule has 0 fully saturated rings. The van der Waals surface area contributed by atoms with Crippen LogP contribution in [0.2, 0.25) is 10.0 Å². The first-order chi connectivity index (χ1) is 9.77. The van der Waals surface area contributed by atoms with Crippen molar-refractivity contribution in [3.05, 3.63) is 64.1 Å². The third-order valence-corrected chi connectivity index (χ3v) is 3.69. The van der Waals surface area contributed by atoms with E-state index in [4.69, 9.17) is 27.9 Å². The third kappa shape index (κ3) is 4.71. The maximum absolute atomic E-state index is 6.04. The van der Waals surface area contributed by atoms with Crippen molar-refractivity contribution in [3.63, 3.8) is 0 Å². The summed E-state index contributed by atoms with van der Waals surface area (Å²) in [5, 5.41) is 4.32. The Morgan fingerprint density at radius 1 is 0.900 bits per heavy atom. The molecule has 0 amide bonds. The Kier molecular flexibility index (Phi) is 6.19. The highest BCUT2D eigenvalue weighted by Crippen LogP contribution is 2.31. The molecule has 0 aliphatic heterocycles. The molecule has 0 radical (unpaired) electrons. The van der Waals surface area contributed by atoms with E-state index in [2.05, 4.69) is 29.6 Å². The predicted octanol–water partition coefficient (Wildman–Crippen LogP) is 4.20. The zero-order valence-corrected chi connectivity index (χ0v) is 12.6. The van der Waals surface area contributed by atoms with Crippen LogP contribution < -0.4 is 10.1 Å². The topological polar surface area (TPSA) is 21.3 Å². The van der Waals surface area contributed by atoms with E-state index in [1.807, 2.05) is 18.2 Å². The minimum Gasteiger partial charge on any atom is -0.491 e. The fourth-order valence-corrected chi connectivity index (χ4v) is 2.18. The lowest BCUT2D eigenvalue weighted by Crippen LogP contribution is -2.23. The fraction of sp³-hybridized carbons (Fsp3) is 0.250. The lowest BCUT2D eigenvalue weighted by molar-refractivity contribution is 0.314. The molecule has 2 nitrogen and oxygen atoms in total. The molecule has 0 aliphatic carbocycles. The molecule has 0 heterocycles. The highest BCUT2D eigenvalue weighted by atomic mass is 35.5. The van der Waals surface area contributed by atoms with Crippen LogP contribution in [0.1, 0.15) is 5.56 Å². The highest BCUT2D eigenvalue weighted by Gasteiger charge is 2.04. The Morgan fingerprint density at radius 2 is 1.70 bits per heavy atom. The van der Waals surface area contributed by atoms with Gasteiger partial charge in [0, 0.05) is 6.54 Å². The van der Waals surface area contributed by atoms with E-state index < -0.39 is 0 Å². The van der Waals surface area contributed by atoms with Gasteiger partial charge < -0.3 is 10.1 Å². The van der Waals surface area contributed by atoms with Crippen LogP contribution >= 0.6 is 23.2 Å². The van der Waals surface area contributed by atoms with E-state index in [0.717, 1.165) is 19.5 Å². The van der Waals surface area contributed by atoms with Crippen molar-refractivity contribution in [3.8, 4) is 5.75 Å². The van der Waals surface area contributed by atoms with Crippen LogP contribution in [-0.2, 0) is 6.42 Å². The Morgan fingerprint density at radius 3 is 2.50 bits per heavy atom. The SMILES string of the molecule is Clc1cccc(OCCNCCc2ccccc2)c1Cl. The molecule has 0 saturated heterocycles. The zero-order valence-electron chi connectivity index (χ0n) is 11.1. The molecule has 0 saturated carbocycles. The van der Waals surface area contributed by atoms with Gasteiger partial charge in [0.25, 0.3) is 0 Å². The Balaban J connectivity index is 1.63. The first-order valence-corrected chi connectivity index (χ1v) is 7.34. The third-order valence-electron chi connectivity index (χ3n) is 2.89. The first-order valence-electron chi connectivity index (χ1n) is 6.59. The van der Waals surface area contributed by atoms with Crippen molar-refractivity contribution in [1.29, 1.82) is 0 Å². The van der Waals surface area contributed by atoms with E-state index in [1.54, 1.807) is 6.07 Å². The van der Waals surface area contributed by atoms with Gasteiger partial charge in [0.2, 0.25) is 0 Å². The molecule has 0 bridgehead atoms. The van der Waals surface area contributed by atoms with Gasteiger partial charge in [0.1, 0.15) is 17.4 Å². The van der Waals surface area contributed by atoms with Crippen molar-refractivity contribution >= 4 is 23.2 Å². The Hall–Kier alpha value is -1.22. The largest absolute Gasteiger partial charge is 0.491 e. The predicted molar refractivity (Wildman–Crippen MR) is 85.0 cm³/mol. The summed E-state index contributed by atoms with van der Waals surface area (Å²) in [7, 11) is 0. The Bertz CT molecular complexity index is 531.